The first-order valence-corrected chi connectivity index (χ1v) is 14.9. The summed E-state index contributed by atoms with van der Waals surface area (Å²) in [4.78, 5) is 0. The van der Waals surface area contributed by atoms with E-state index in [2.05, 4.69) is 146 Å². The lowest BCUT2D eigenvalue weighted by Crippen LogP contribution is -1.84. The Morgan fingerprint density at radius 3 is 1.66 bits per heavy atom. The summed E-state index contributed by atoms with van der Waals surface area (Å²) in [7, 11) is 0. The second-order valence-electron chi connectivity index (χ2n) is 10.9. The van der Waals surface area contributed by atoms with Gasteiger partial charge in [-0.15, -0.1) is 11.3 Å². The molecule has 0 saturated carbocycles. The fourth-order valence-electron chi connectivity index (χ4n) is 6.54. The predicted molar refractivity (Wildman–Crippen MR) is 180 cm³/mol. The molecule has 0 amide bonds. The molecule has 1 heterocycles. The molecular weight excluding hydrogens is 513 g/mol. The van der Waals surface area contributed by atoms with Crippen molar-refractivity contribution in [2.75, 3.05) is 0 Å². The van der Waals surface area contributed by atoms with E-state index in [0.717, 1.165) is 0 Å². The molecule has 0 nitrogen and oxygen atoms in total. The van der Waals surface area contributed by atoms with E-state index in [1.165, 1.54) is 85.5 Å². The normalized spacial score (nSPS) is 11.9. The van der Waals surface area contributed by atoms with Crippen molar-refractivity contribution < 1.29 is 0 Å². The summed E-state index contributed by atoms with van der Waals surface area (Å²) in [6, 6.07) is 53.7. The third-order valence-electron chi connectivity index (χ3n) is 8.62. The van der Waals surface area contributed by atoms with Crippen molar-refractivity contribution in [2.45, 2.75) is 0 Å². The van der Waals surface area contributed by atoms with E-state index < -0.39 is 0 Å². The van der Waals surface area contributed by atoms with E-state index in [9.17, 15) is 0 Å². The van der Waals surface area contributed by atoms with Crippen molar-refractivity contribution in [1.29, 1.82) is 0 Å². The maximum absolute atomic E-state index is 2.36. The van der Waals surface area contributed by atoms with Gasteiger partial charge in [0, 0.05) is 20.2 Å². The van der Waals surface area contributed by atoms with Crippen LogP contribution < -0.4 is 0 Å². The smallest absolute Gasteiger partial charge is 0.0434 e. The Hall–Kier alpha value is -4.98. The van der Waals surface area contributed by atoms with Gasteiger partial charge in [0.15, 0.2) is 0 Å². The highest BCUT2D eigenvalue weighted by atomic mass is 32.1. The molecule has 9 rings (SSSR count). The summed E-state index contributed by atoms with van der Waals surface area (Å²) < 4.78 is 2.73. The van der Waals surface area contributed by atoms with Crippen LogP contribution in [0.15, 0.2) is 146 Å². The van der Waals surface area contributed by atoms with Crippen molar-refractivity contribution in [3.05, 3.63) is 146 Å². The number of thiophene rings is 1. The van der Waals surface area contributed by atoms with Crippen LogP contribution in [0.5, 0.6) is 0 Å². The van der Waals surface area contributed by atoms with E-state index in [1.54, 1.807) is 0 Å². The largest absolute Gasteiger partial charge is 0.134 e. The van der Waals surface area contributed by atoms with Crippen molar-refractivity contribution >= 4 is 74.6 Å². The highest BCUT2D eigenvalue weighted by molar-refractivity contribution is 7.27. The van der Waals surface area contributed by atoms with Gasteiger partial charge >= 0.3 is 0 Å². The predicted octanol–water partition coefficient (Wildman–Crippen LogP) is 12.0. The minimum atomic E-state index is 1.25. The topological polar surface area (TPSA) is 0 Å². The average Bonchev–Trinajstić information content (AvgIpc) is 3.43. The van der Waals surface area contributed by atoms with Crippen molar-refractivity contribution in [3.8, 4) is 22.3 Å². The summed E-state index contributed by atoms with van der Waals surface area (Å²) >= 11 is 1.92. The number of hydrogen-bond donors (Lipinski definition) is 0. The summed E-state index contributed by atoms with van der Waals surface area (Å²) in [6.45, 7) is 0. The molecule has 190 valence electrons. The molecule has 8 aromatic carbocycles. The van der Waals surface area contributed by atoms with Crippen molar-refractivity contribution in [1.82, 2.24) is 0 Å². The van der Waals surface area contributed by atoms with E-state index in [1.807, 2.05) is 11.3 Å². The minimum absolute atomic E-state index is 1.25. The first-order chi connectivity index (χ1) is 20.3. The maximum Gasteiger partial charge on any atom is 0.0434 e. The van der Waals surface area contributed by atoms with Crippen molar-refractivity contribution in [2.24, 2.45) is 0 Å². The summed E-state index contributed by atoms with van der Waals surface area (Å²) in [5.41, 5.74) is 5.08. The molecule has 0 radical (unpaired) electrons. The van der Waals surface area contributed by atoms with Gasteiger partial charge in [0.05, 0.1) is 0 Å². The second kappa shape index (κ2) is 8.76. The molecule has 0 bridgehead atoms. The zero-order chi connectivity index (χ0) is 26.9. The third kappa shape index (κ3) is 3.53. The molecule has 9 aromatic rings. The molecule has 41 heavy (non-hydrogen) atoms. The lowest BCUT2D eigenvalue weighted by molar-refractivity contribution is 1.68. The fraction of sp³-hybridized carbons (Fsp3) is 0. The van der Waals surface area contributed by atoms with Crippen LogP contribution in [0.1, 0.15) is 0 Å². The fourth-order valence-corrected chi connectivity index (χ4v) is 7.91. The van der Waals surface area contributed by atoms with Gasteiger partial charge < -0.3 is 0 Å². The molecule has 0 unspecified atom stereocenters. The summed E-state index contributed by atoms with van der Waals surface area (Å²) in [5.74, 6) is 0. The van der Waals surface area contributed by atoms with Gasteiger partial charge in [-0.05, 0) is 83.5 Å². The van der Waals surface area contributed by atoms with Crippen LogP contribution in [0.2, 0.25) is 0 Å². The molecule has 0 aliphatic carbocycles. The van der Waals surface area contributed by atoms with E-state index in [0.29, 0.717) is 0 Å². The van der Waals surface area contributed by atoms with Gasteiger partial charge in [-0.3, -0.25) is 0 Å². The van der Waals surface area contributed by atoms with Crippen LogP contribution in [-0.2, 0) is 0 Å². The van der Waals surface area contributed by atoms with Crippen molar-refractivity contribution in [3.63, 3.8) is 0 Å². The third-order valence-corrected chi connectivity index (χ3v) is 9.91. The van der Waals surface area contributed by atoms with E-state index in [4.69, 9.17) is 0 Å². The quantitative estimate of drug-likeness (QED) is 0.193. The highest BCUT2D eigenvalue weighted by Crippen LogP contribution is 2.43. The van der Waals surface area contributed by atoms with Crippen LogP contribution in [0, 0.1) is 0 Å². The number of fused-ring (bicyclic) bond motifs is 9. The molecule has 0 aliphatic rings. The van der Waals surface area contributed by atoms with E-state index >= 15 is 0 Å². The number of hydrogen-bond acceptors (Lipinski definition) is 1. The van der Waals surface area contributed by atoms with E-state index in [-0.39, 0.29) is 0 Å². The first-order valence-electron chi connectivity index (χ1n) is 14.1. The maximum atomic E-state index is 2.36. The summed E-state index contributed by atoms with van der Waals surface area (Å²) in [5, 5.41) is 13.0. The number of rotatable bonds is 2. The van der Waals surface area contributed by atoms with Gasteiger partial charge in [-0.2, -0.15) is 0 Å². The second-order valence-corrected chi connectivity index (χ2v) is 12.0. The average molecular weight is 537 g/mol. The van der Waals surface area contributed by atoms with Crippen LogP contribution >= 0.6 is 11.3 Å². The monoisotopic (exact) mass is 536 g/mol. The Labute approximate surface area is 241 Å². The molecule has 1 aromatic heterocycles. The SMILES string of the molecule is c1ccc2cc(-c3ccc4c(ccc5cc(-c6cccc7c6sc6c8ccccc8ccc76)ccc54)c3)ccc2c1. The van der Waals surface area contributed by atoms with Crippen LogP contribution in [0.3, 0.4) is 0 Å². The molecule has 0 saturated heterocycles. The molecule has 0 atom stereocenters. The first kappa shape index (κ1) is 22.8. The zero-order valence-electron chi connectivity index (χ0n) is 22.3. The Kier molecular flexibility index (Phi) is 4.87. The Morgan fingerprint density at radius 2 is 0.829 bits per heavy atom. The molecule has 0 N–H and O–H groups in total. The molecular formula is C40H24S. The minimum Gasteiger partial charge on any atom is -0.134 e. The highest BCUT2D eigenvalue weighted by Gasteiger charge is 2.13. The van der Waals surface area contributed by atoms with Gasteiger partial charge in [0.2, 0.25) is 0 Å². The molecule has 0 fully saturated rings. The van der Waals surface area contributed by atoms with Gasteiger partial charge in [-0.1, -0.05) is 127 Å². The lowest BCUT2D eigenvalue weighted by Gasteiger charge is -2.10. The van der Waals surface area contributed by atoms with Crippen LogP contribution in [-0.4, -0.2) is 0 Å². The Balaban J connectivity index is 1.17. The Bertz CT molecular complexity index is 2480. The number of benzene rings is 8. The standard InChI is InChI=1S/C40H24S/c1-2-8-27-22-28(13-12-25(27)6-1)29-17-19-33-30(23-29)14-15-31-24-32(18-20-34(31)33)36-10-5-11-37-38-21-16-26-7-3-4-9-35(26)39(38)41-40(36)37/h1-24H. The van der Waals surface area contributed by atoms with Crippen LogP contribution in [0.4, 0.5) is 0 Å². The lowest BCUT2D eigenvalue weighted by atomic mass is 9.94. The molecule has 1 heteroatoms. The Morgan fingerprint density at radius 1 is 0.293 bits per heavy atom. The van der Waals surface area contributed by atoms with Gasteiger partial charge in [0.25, 0.3) is 0 Å². The van der Waals surface area contributed by atoms with Gasteiger partial charge in [0.1, 0.15) is 0 Å². The van der Waals surface area contributed by atoms with Crippen LogP contribution in [0.25, 0.3) is 85.5 Å². The van der Waals surface area contributed by atoms with Gasteiger partial charge in [-0.25, -0.2) is 0 Å². The molecule has 0 spiro atoms. The zero-order valence-corrected chi connectivity index (χ0v) is 23.1. The molecule has 0 aliphatic heterocycles. The summed E-state index contributed by atoms with van der Waals surface area (Å²) in [6.07, 6.45) is 0.